The average molecular weight is 194 g/mol. The van der Waals surface area contributed by atoms with Crippen LogP contribution in [0.1, 0.15) is 17.3 Å². The summed E-state index contributed by atoms with van der Waals surface area (Å²) in [7, 11) is 1.74. The molecule has 0 aliphatic heterocycles. The van der Waals surface area contributed by atoms with Crippen LogP contribution in [-0.4, -0.2) is 19.6 Å². The van der Waals surface area contributed by atoms with Gasteiger partial charge in [-0.1, -0.05) is 0 Å². The van der Waals surface area contributed by atoms with Gasteiger partial charge in [0.15, 0.2) is 0 Å². The number of hydrogen-bond acceptors (Lipinski definition) is 4. The Balaban J connectivity index is 3.03. The molecule has 0 radical (unpaired) electrons. The van der Waals surface area contributed by atoms with Crippen LogP contribution in [0.25, 0.3) is 0 Å². The molecule has 0 spiro atoms. The van der Waals surface area contributed by atoms with Crippen LogP contribution >= 0.6 is 0 Å². The van der Waals surface area contributed by atoms with Gasteiger partial charge in [0.25, 0.3) is 0 Å². The maximum absolute atomic E-state index is 11.5. The van der Waals surface area contributed by atoms with Crippen LogP contribution in [-0.2, 0) is 4.74 Å². The minimum atomic E-state index is -0.357. The second-order valence-electron chi connectivity index (χ2n) is 2.78. The summed E-state index contributed by atoms with van der Waals surface area (Å²) in [5.74, 6) is -0.357. The minimum absolute atomic E-state index is 0.357. The van der Waals surface area contributed by atoms with Crippen molar-refractivity contribution in [2.24, 2.45) is 0 Å². The maximum Gasteiger partial charge on any atom is 0.340 e. The molecule has 4 heteroatoms. The molecule has 14 heavy (non-hydrogen) atoms. The van der Waals surface area contributed by atoms with Crippen LogP contribution in [0.4, 0.5) is 11.4 Å². The number of nitrogens with two attached hydrogens (primary N) is 1. The Kier molecular flexibility index (Phi) is 3.34. The van der Waals surface area contributed by atoms with Crippen LogP contribution < -0.4 is 11.1 Å². The van der Waals surface area contributed by atoms with Gasteiger partial charge in [-0.15, -0.1) is 0 Å². The topological polar surface area (TPSA) is 64.3 Å². The van der Waals surface area contributed by atoms with E-state index in [4.69, 9.17) is 10.5 Å². The third-order valence-electron chi connectivity index (χ3n) is 1.81. The zero-order valence-electron chi connectivity index (χ0n) is 8.33. The summed E-state index contributed by atoms with van der Waals surface area (Å²) in [6.45, 7) is 2.13. The largest absolute Gasteiger partial charge is 0.462 e. The number of hydrogen-bond donors (Lipinski definition) is 2. The highest BCUT2D eigenvalue weighted by Gasteiger charge is 2.11. The van der Waals surface area contributed by atoms with Gasteiger partial charge in [-0.3, -0.25) is 0 Å². The number of ether oxygens (including phenoxy) is 1. The first-order chi connectivity index (χ1) is 6.69. The van der Waals surface area contributed by atoms with Crippen molar-refractivity contribution in [3.63, 3.8) is 0 Å². The SMILES string of the molecule is CCOC(=O)c1cc(N)ccc1NC. The second-order valence-corrected chi connectivity index (χ2v) is 2.78. The lowest BCUT2D eigenvalue weighted by molar-refractivity contribution is 0.0527. The molecule has 1 aromatic carbocycles. The molecule has 0 fully saturated rings. The van der Waals surface area contributed by atoms with Gasteiger partial charge < -0.3 is 15.8 Å². The number of nitrogen functional groups attached to an aromatic ring is 1. The smallest absolute Gasteiger partial charge is 0.340 e. The molecule has 1 rings (SSSR count). The van der Waals surface area contributed by atoms with E-state index < -0.39 is 0 Å². The van der Waals surface area contributed by atoms with Crippen LogP contribution in [0.2, 0.25) is 0 Å². The lowest BCUT2D eigenvalue weighted by Gasteiger charge is -2.08. The number of carbonyl (C=O) groups is 1. The predicted octanol–water partition coefficient (Wildman–Crippen LogP) is 1.49. The number of rotatable bonds is 3. The zero-order valence-corrected chi connectivity index (χ0v) is 8.33. The maximum atomic E-state index is 11.5. The Morgan fingerprint density at radius 3 is 2.86 bits per heavy atom. The van der Waals surface area contributed by atoms with Gasteiger partial charge in [-0.05, 0) is 25.1 Å². The summed E-state index contributed by atoms with van der Waals surface area (Å²) in [5, 5.41) is 2.91. The molecule has 0 saturated carbocycles. The van der Waals surface area contributed by atoms with Crippen molar-refractivity contribution < 1.29 is 9.53 Å². The Bertz CT molecular complexity index is 337. The van der Waals surface area contributed by atoms with Gasteiger partial charge in [-0.2, -0.15) is 0 Å². The first-order valence-corrected chi connectivity index (χ1v) is 4.43. The fourth-order valence-electron chi connectivity index (χ4n) is 1.16. The van der Waals surface area contributed by atoms with E-state index >= 15 is 0 Å². The highest BCUT2D eigenvalue weighted by molar-refractivity contribution is 5.96. The van der Waals surface area contributed by atoms with Gasteiger partial charge in [-0.25, -0.2) is 4.79 Å². The molecule has 0 unspecified atom stereocenters. The van der Waals surface area contributed by atoms with Crippen molar-refractivity contribution in [3.05, 3.63) is 23.8 Å². The first kappa shape index (κ1) is 10.4. The molecule has 0 aromatic heterocycles. The molecule has 0 bridgehead atoms. The highest BCUT2D eigenvalue weighted by atomic mass is 16.5. The van der Waals surface area contributed by atoms with Crippen LogP contribution in [0, 0.1) is 0 Å². The van der Waals surface area contributed by atoms with Gasteiger partial charge in [0.05, 0.1) is 12.2 Å². The zero-order chi connectivity index (χ0) is 10.6. The summed E-state index contributed by atoms with van der Waals surface area (Å²) in [5.41, 5.74) is 7.32. The third kappa shape index (κ3) is 2.16. The van der Waals surface area contributed by atoms with E-state index in [9.17, 15) is 4.79 Å². The number of anilines is 2. The number of benzene rings is 1. The standard InChI is InChI=1S/C10H14N2O2/c1-3-14-10(13)8-6-7(11)4-5-9(8)12-2/h4-6,12H,3,11H2,1-2H3. The van der Waals surface area contributed by atoms with Crippen LogP contribution in [0.5, 0.6) is 0 Å². The van der Waals surface area contributed by atoms with Gasteiger partial charge in [0, 0.05) is 18.4 Å². The molecule has 0 aliphatic rings. The highest BCUT2D eigenvalue weighted by Crippen LogP contribution is 2.19. The fourth-order valence-corrected chi connectivity index (χ4v) is 1.16. The van der Waals surface area contributed by atoms with E-state index in [0.29, 0.717) is 17.9 Å². The Labute approximate surface area is 83.1 Å². The summed E-state index contributed by atoms with van der Waals surface area (Å²) < 4.78 is 4.89. The first-order valence-electron chi connectivity index (χ1n) is 4.43. The molecular formula is C10H14N2O2. The molecule has 3 N–H and O–H groups in total. The van der Waals surface area contributed by atoms with Crippen molar-refractivity contribution in [1.29, 1.82) is 0 Å². The third-order valence-corrected chi connectivity index (χ3v) is 1.81. The molecule has 0 aliphatic carbocycles. The molecule has 0 heterocycles. The molecular weight excluding hydrogens is 180 g/mol. The average Bonchev–Trinajstić information content (AvgIpc) is 2.18. The number of nitrogens with one attached hydrogen (secondary N) is 1. The van der Waals surface area contributed by atoms with Crippen molar-refractivity contribution in [2.75, 3.05) is 24.7 Å². The lowest BCUT2D eigenvalue weighted by Crippen LogP contribution is -2.08. The van der Waals surface area contributed by atoms with E-state index in [1.54, 1.807) is 32.2 Å². The van der Waals surface area contributed by atoms with E-state index in [0.717, 1.165) is 5.69 Å². The molecule has 0 amide bonds. The summed E-state index contributed by atoms with van der Waals surface area (Å²) in [6, 6.07) is 5.08. The normalized spacial score (nSPS) is 9.57. The van der Waals surface area contributed by atoms with Gasteiger partial charge in [0.2, 0.25) is 0 Å². The van der Waals surface area contributed by atoms with E-state index in [1.807, 2.05) is 0 Å². The monoisotopic (exact) mass is 194 g/mol. The van der Waals surface area contributed by atoms with Gasteiger partial charge in [0.1, 0.15) is 0 Å². The van der Waals surface area contributed by atoms with Crippen molar-refractivity contribution in [3.8, 4) is 0 Å². The summed E-state index contributed by atoms with van der Waals surface area (Å²) in [4.78, 5) is 11.5. The van der Waals surface area contributed by atoms with Gasteiger partial charge >= 0.3 is 5.97 Å². The number of esters is 1. The van der Waals surface area contributed by atoms with Crippen molar-refractivity contribution in [2.45, 2.75) is 6.92 Å². The van der Waals surface area contributed by atoms with Crippen molar-refractivity contribution in [1.82, 2.24) is 0 Å². The quantitative estimate of drug-likeness (QED) is 0.565. The van der Waals surface area contributed by atoms with Crippen LogP contribution in [0.3, 0.4) is 0 Å². The Morgan fingerprint density at radius 1 is 1.57 bits per heavy atom. The Hall–Kier alpha value is -1.71. The molecule has 1 aromatic rings. The van der Waals surface area contributed by atoms with Crippen LogP contribution in [0.15, 0.2) is 18.2 Å². The lowest BCUT2D eigenvalue weighted by atomic mass is 10.1. The summed E-state index contributed by atoms with van der Waals surface area (Å²) in [6.07, 6.45) is 0. The van der Waals surface area contributed by atoms with Crippen molar-refractivity contribution >= 4 is 17.3 Å². The predicted molar refractivity (Wildman–Crippen MR) is 56.4 cm³/mol. The second kappa shape index (κ2) is 4.50. The molecule has 76 valence electrons. The molecule has 0 atom stereocenters. The van der Waals surface area contributed by atoms with E-state index in [2.05, 4.69) is 5.32 Å². The van der Waals surface area contributed by atoms with E-state index in [1.165, 1.54) is 0 Å². The van der Waals surface area contributed by atoms with E-state index in [-0.39, 0.29) is 5.97 Å². The minimum Gasteiger partial charge on any atom is -0.462 e. The Morgan fingerprint density at radius 2 is 2.29 bits per heavy atom. The fraction of sp³-hybridized carbons (Fsp3) is 0.300. The summed E-state index contributed by atoms with van der Waals surface area (Å²) >= 11 is 0. The molecule has 4 nitrogen and oxygen atoms in total. The molecule has 0 saturated heterocycles. The number of carbonyl (C=O) groups excluding carboxylic acids is 1.